The van der Waals surface area contributed by atoms with Gasteiger partial charge >= 0.3 is 18.0 Å². The van der Waals surface area contributed by atoms with Gasteiger partial charge in [0.2, 0.25) is 11.8 Å². The number of likely N-dealkylation sites (tertiary alicyclic amines) is 1. The number of carbonyl (C=O) groups excluding carboxylic acids is 5. The van der Waals surface area contributed by atoms with Crippen LogP contribution >= 0.6 is 0 Å². The lowest BCUT2D eigenvalue weighted by molar-refractivity contribution is -0.151. The molecule has 0 spiro atoms. The van der Waals surface area contributed by atoms with E-state index < -0.39 is 47.4 Å². The largest absolute Gasteiger partial charge is 0.464 e. The quantitative estimate of drug-likeness (QED) is 0.184. The van der Waals surface area contributed by atoms with E-state index in [0.29, 0.717) is 4.90 Å². The Morgan fingerprint density at radius 2 is 1.81 bits per heavy atom. The fourth-order valence-corrected chi connectivity index (χ4v) is 3.59. The second kappa shape index (κ2) is 12.7. The lowest BCUT2D eigenvalue weighted by atomic mass is 10.0. The Balaban J connectivity index is 2.32. The molecule has 0 aromatic heterocycles. The SMILES string of the molecule is CCOC(=O)[C@H]1CC(C(=O)N(CCC#CC(=O)OC)Cc2ccccc2)C(=O)N1C(=O)OC(C)(C)C. The first kappa shape index (κ1) is 28.4. The summed E-state index contributed by atoms with van der Waals surface area (Å²) in [7, 11) is 1.21. The van der Waals surface area contributed by atoms with Gasteiger partial charge < -0.3 is 19.1 Å². The highest BCUT2D eigenvalue weighted by Gasteiger charge is 2.52. The first-order valence-corrected chi connectivity index (χ1v) is 11.6. The van der Waals surface area contributed by atoms with E-state index in [2.05, 4.69) is 16.6 Å². The van der Waals surface area contributed by atoms with Crippen molar-refractivity contribution in [3.05, 3.63) is 35.9 Å². The van der Waals surface area contributed by atoms with E-state index in [4.69, 9.17) is 9.47 Å². The number of benzene rings is 1. The van der Waals surface area contributed by atoms with Gasteiger partial charge in [0, 0.05) is 25.4 Å². The molecule has 0 bridgehead atoms. The van der Waals surface area contributed by atoms with E-state index in [9.17, 15) is 24.0 Å². The average molecular weight is 501 g/mol. The molecule has 2 rings (SSSR count). The van der Waals surface area contributed by atoms with E-state index >= 15 is 0 Å². The van der Waals surface area contributed by atoms with Gasteiger partial charge in [-0.05, 0) is 39.7 Å². The van der Waals surface area contributed by atoms with Gasteiger partial charge in [-0.15, -0.1) is 0 Å². The standard InChI is InChI=1S/C26H32N2O8/c1-6-35-24(32)20-16-19(23(31)28(20)25(33)36-26(2,3)4)22(30)27(15-11-10-14-21(29)34-5)17-18-12-8-7-9-13-18/h7-9,12-13,19-20H,6,11,15-17H2,1-5H3/t19?,20-/m1/s1. The predicted molar refractivity (Wildman–Crippen MR) is 128 cm³/mol. The van der Waals surface area contributed by atoms with Crippen molar-refractivity contribution >= 4 is 29.8 Å². The van der Waals surface area contributed by atoms with Crippen molar-refractivity contribution < 1.29 is 38.2 Å². The van der Waals surface area contributed by atoms with Crippen molar-refractivity contribution in [3.8, 4) is 11.8 Å². The molecule has 10 heteroatoms. The number of hydrogen-bond acceptors (Lipinski definition) is 8. The summed E-state index contributed by atoms with van der Waals surface area (Å²) in [6.07, 6.45) is -1.10. The summed E-state index contributed by atoms with van der Waals surface area (Å²) in [5.74, 6) is 0.776. The number of carbonyl (C=O) groups is 5. The predicted octanol–water partition coefficient (Wildman–Crippen LogP) is 2.30. The Bertz CT molecular complexity index is 1040. The summed E-state index contributed by atoms with van der Waals surface area (Å²) in [4.78, 5) is 65.6. The Hall–Kier alpha value is -3.87. The molecule has 1 aliphatic heterocycles. The number of esters is 2. The van der Waals surface area contributed by atoms with Crippen LogP contribution in [0, 0.1) is 17.8 Å². The minimum Gasteiger partial charge on any atom is -0.464 e. The second-order valence-electron chi connectivity index (χ2n) is 9.03. The van der Waals surface area contributed by atoms with Crippen molar-refractivity contribution in [1.82, 2.24) is 9.80 Å². The molecule has 1 aromatic carbocycles. The zero-order valence-electron chi connectivity index (χ0n) is 21.2. The molecule has 1 unspecified atom stereocenters. The van der Waals surface area contributed by atoms with Gasteiger partial charge in [0.15, 0.2) is 0 Å². The number of nitrogens with zero attached hydrogens (tertiary/aromatic N) is 2. The maximum Gasteiger partial charge on any atom is 0.417 e. The van der Waals surface area contributed by atoms with Crippen LogP contribution in [0.5, 0.6) is 0 Å². The van der Waals surface area contributed by atoms with E-state index in [1.54, 1.807) is 27.7 Å². The normalized spacial score (nSPS) is 17.0. The second-order valence-corrected chi connectivity index (χ2v) is 9.03. The fourth-order valence-electron chi connectivity index (χ4n) is 3.59. The van der Waals surface area contributed by atoms with Crippen molar-refractivity contribution in [2.24, 2.45) is 5.92 Å². The Kier molecular flexibility index (Phi) is 10.0. The van der Waals surface area contributed by atoms with Gasteiger partial charge in [-0.1, -0.05) is 36.3 Å². The third-order valence-corrected chi connectivity index (χ3v) is 5.16. The molecule has 2 atom stereocenters. The molecule has 1 aliphatic rings. The van der Waals surface area contributed by atoms with Crippen LogP contribution in [-0.2, 0) is 39.9 Å². The van der Waals surface area contributed by atoms with Crippen molar-refractivity contribution in [1.29, 1.82) is 0 Å². The van der Waals surface area contributed by atoms with Gasteiger partial charge in [0.1, 0.15) is 17.6 Å². The lowest BCUT2D eigenvalue weighted by Gasteiger charge is -2.26. The molecule has 0 aliphatic carbocycles. The highest BCUT2D eigenvalue weighted by Crippen LogP contribution is 2.30. The van der Waals surface area contributed by atoms with Gasteiger partial charge in [-0.2, -0.15) is 0 Å². The molecule has 194 valence electrons. The number of imide groups is 1. The maximum atomic E-state index is 13.6. The summed E-state index contributed by atoms with van der Waals surface area (Å²) in [6, 6.07) is 7.84. The number of ether oxygens (including phenoxy) is 3. The highest BCUT2D eigenvalue weighted by atomic mass is 16.6. The van der Waals surface area contributed by atoms with Crippen LogP contribution in [0.2, 0.25) is 0 Å². The third kappa shape index (κ3) is 7.83. The van der Waals surface area contributed by atoms with Crippen LogP contribution in [0.15, 0.2) is 30.3 Å². The summed E-state index contributed by atoms with van der Waals surface area (Å²) in [6.45, 7) is 6.81. The first-order valence-electron chi connectivity index (χ1n) is 11.6. The number of hydrogen-bond donors (Lipinski definition) is 0. The summed E-state index contributed by atoms with van der Waals surface area (Å²) >= 11 is 0. The molecule has 1 saturated heterocycles. The number of amides is 3. The molecule has 0 N–H and O–H groups in total. The van der Waals surface area contributed by atoms with Gasteiger partial charge in [-0.3, -0.25) is 9.59 Å². The maximum absolute atomic E-state index is 13.6. The molecular weight excluding hydrogens is 468 g/mol. The molecule has 0 radical (unpaired) electrons. The molecule has 10 nitrogen and oxygen atoms in total. The molecule has 1 fully saturated rings. The molecule has 0 saturated carbocycles. The van der Waals surface area contributed by atoms with Gasteiger partial charge in [0.25, 0.3) is 0 Å². The van der Waals surface area contributed by atoms with Crippen LogP contribution in [0.4, 0.5) is 4.79 Å². The highest BCUT2D eigenvalue weighted by molar-refractivity contribution is 6.10. The number of rotatable bonds is 7. The van der Waals surface area contributed by atoms with Crippen LogP contribution in [-0.4, -0.2) is 71.6 Å². The zero-order valence-corrected chi connectivity index (χ0v) is 21.2. The van der Waals surface area contributed by atoms with Gasteiger partial charge in [0.05, 0.1) is 13.7 Å². The minimum absolute atomic E-state index is 0.0449. The van der Waals surface area contributed by atoms with Crippen LogP contribution < -0.4 is 0 Å². The number of methoxy groups -OCH3 is 1. The van der Waals surface area contributed by atoms with Crippen molar-refractivity contribution in [2.45, 2.75) is 58.7 Å². The van der Waals surface area contributed by atoms with Gasteiger partial charge in [-0.25, -0.2) is 19.3 Å². The molecule has 1 heterocycles. The van der Waals surface area contributed by atoms with Crippen LogP contribution in [0.25, 0.3) is 0 Å². The molecule has 1 aromatic rings. The average Bonchev–Trinajstić information content (AvgIpc) is 3.17. The summed E-state index contributed by atoms with van der Waals surface area (Å²) < 4.78 is 14.9. The van der Waals surface area contributed by atoms with E-state index in [0.717, 1.165) is 5.56 Å². The van der Waals surface area contributed by atoms with Crippen molar-refractivity contribution in [2.75, 3.05) is 20.3 Å². The topological polar surface area (TPSA) is 120 Å². The Labute approximate surface area is 210 Å². The summed E-state index contributed by atoms with van der Waals surface area (Å²) in [5.41, 5.74) is -0.112. The monoisotopic (exact) mass is 500 g/mol. The van der Waals surface area contributed by atoms with Crippen molar-refractivity contribution in [3.63, 3.8) is 0 Å². The summed E-state index contributed by atoms with van der Waals surface area (Å²) in [5, 5.41) is 0. The van der Waals surface area contributed by atoms with E-state index in [1.165, 1.54) is 12.0 Å². The van der Waals surface area contributed by atoms with E-state index in [1.807, 2.05) is 30.3 Å². The zero-order chi connectivity index (χ0) is 26.9. The minimum atomic E-state index is -1.29. The Morgan fingerprint density at radius 3 is 2.39 bits per heavy atom. The Morgan fingerprint density at radius 1 is 1.14 bits per heavy atom. The molecule has 3 amide bonds. The molecule has 36 heavy (non-hydrogen) atoms. The van der Waals surface area contributed by atoms with Crippen LogP contribution in [0.1, 0.15) is 46.1 Å². The first-order chi connectivity index (χ1) is 17.0. The van der Waals surface area contributed by atoms with Crippen LogP contribution in [0.3, 0.4) is 0 Å². The lowest BCUT2D eigenvalue weighted by Crippen LogP contribution is -2.47. The van der Waals surface area contributed by atoms with E-state index in [-0.39, 0.29) is 32.5 Å². The molecular formula is C26H32N2O8. The smallest absolute Gasteiger partial charge is 0.417 e. The third-order valence-electron chi connectivity index (χ3n) is 5.16. The fraction of sp³-hybridized carbons (Fsp3) is 0.500.